The number of halogens is 2. The molecule has 0 saturated carbocycles. The summed E-state index contributed by atoms with van der Waals surface area (Å²) in [6.07, 6.45) is 0. The number of aliphatic carboxylic acids is 1. The molecule has 1 saturated heterocycles. The van der Waals surface area contributed by atoms with Crippen molar-refractivity contribution in [3.63, 3.8) is 0 Å². The Morgan fingerprint density at radius 1 is 1.11 bits per heavy atom. The molecule has 142 valence electrons. The van der Waals surface area contributed by atoms with Gasteiger partial charge in [-0.25, -0.2) is 4.79 Å². The average molecular weight is 410 g/mol. The molecule has 1 N–H and O–H groups in total. The minimum atomic E-state index is -1.08. The molecule has 0 atom stereocenters. The maximum absolute atomic E-state index is 12.6. The first kappa shape index (κ1) is 19.5. The molecule has 2 aromatic rings. The number of benzene rings is 2. The summed E-state index contributed by atoms with van der Waals surface area (Å²) in [4.78, 5) is 25.1. The highest BCUT2D eigenvalue weighted by Crippen LogP contribution is 2.35. The van der Waals surface area contributed by atoms with Gasteiger partial charge >= 0.3 is 5.97 Å². The number of rotatable bonds is 5. The fourth-order valence-electron chi connectivity index (χ4n) is 2.79. The van der Waals surface area contributed by atoms with Crippen molar-refractivity contribution in [2.45, 2.75) is 0 Å². The Bertz CT molecular complexity index is 865. The number of carbonyl (C=O) groups excluding carboxylic acids is 1. The van der Waals surface area contributed by atoms with Gasteiger partial charge in [-0.15, -0.1) is 0 Å². The van der Waals surface area contributed by atoms with Crippen molar-refractivity contribution >= 4 is 35.1 Å². The lowest BCUT2D eigenvalue weighted by Gasteiger charge is -2.27. The second-order valence-corrected chi connectivity index (χ2v) is 6.77. The summed E-state index contributed by atoms with van der Waals surface area (Å²) in [6, 6.07) is 9.90. The Kier molecular flexibility index (Phi) is 6.21. The van der Waals surface area contributed by atoms with E-state index >= 15 is 0 Å². The van der Waals surface area contributed by atoms with Gasteiger partial charge in [0.05, 0.1) is 23.8 Å². The van der Waals surface area contributed by atoms with Crippen LogP contribution in [0.15, 0.2) is 36.4 Å². The molecule has 0 radical (unpaired) electrons. The van der Waals surface area contributed by atoms with E-state index in [-0.39, 0.29) is 5.91 Å². The van der Waals surface area contributed by atoms with Crippen LogP contribution in [-0.4, -0.2) is 54.8 Å². The number of hydrogen-bond acceptors (Lipinski definition) is 4. The van der Waals surface area contributed by atoms with Crippen LogP contribution in [-0.2, 0) is 9.53 Å². The monoisotopic (exact) mass is 409 g/mol. The molecule has 8 heteroatoms. The quantitative estimate of drug-likeness (QED) is 0.816. The predicted molar refractivity (Wildman–Crippen MR) is 102 cm³/mol. The van der Waals surface area contributed by atoms with E-state index in [1.54, 1.807) is 41.3 Å². The molecule has 0 aromatic heterocycles. The zero-order valence-electron chi connectivity index (χ0n) is 14.3. The molecule has 1 aliphatic heterocycles. The van der Waals surface area contributed by atoms with E-state index in [1.807, 2.05) is 0 Å². The van der Waals surface area contributed by atoms with Crippen molar-refractivity contribution in [2.75, 3.05) is 32.9 Å². The van der Waals surface area contributed by atoms with Gasteiger partial charge in [0.25, 0.3) is 5.91 Å². The molecule has 2 aromatic carbocycles. The van der Waals surface area contributed by atoms with E-state index in [1.165, 1.54) is 0 Å². The predicted octanol–water partition coefficient (Wildman–Crippen LogP) is 3.60. The summed E-state index contributed by atoms with van der Waals surface area (Å²) in [6.45, 7) is 1.59. The topological polar surface area (TPSA) is 76.1 Å². The van der Waals surface area contributed by atoms with Crippen LogP contribution in [0.1, 0.15) is 10.4 Å². The number of amides is 1. The lowest BCUT2D eigenvalue weighted by Crippen LogP contribution is -2.40. The molecule has 1 aliphatic rings. The Hall–Kier alpha value is -2.28. The Morgan fingerprint density at radius 2 is 1.85 bits per heavy atom. The second-order valence-electron chi connectivity index (χ2n) is 5.92. The van der Waals surface area contributed by atoms with Crippen molar-refractivity contribution in [3.05, 3.63) is 52.0 Å². The highest BCUT2D eigenvalue weighted by Gasteiger charge is 2.21. The van der Waals surface area contributed by atoms with E-state index < -0.39 is 12.6 Å². The summed E-state index contributed by atoms with van der Waals surface area (Å²) in [5.74, 6) is -0.867. The maximum Gasteiger partial charge on any atom is 0.341 e. The minimum absolute atomic E-state index is 0.150. The number of nitrogens with zero attached hydrogens (tertiary/aromatic N) is 1. The molecule has 1 amide bonds. The lowest BCUT2D eigenvalue weighted by molar-refractivity contribution is -0.139. The first-order valence-corrected chi connectivity index (χ1v) is 9.02. The largest absolute Gasteiger partial charge is 0.481 e. The third kappa shape index (κ3) is 4.71. The molecular weight excluding hydrogens is 393 g/mol. The van der Waals surface area contributed by atoms with Crippen LogP contribution in [0.4, 0.5) is 0 Å². The van der Waals surface area contributed by atoms with Crippen LogP contribution < -0.4 is 4.74 Å². The SMILES string of the molecule is O=C(O)COc1ccc(Cl)cc1-c1ccc(C(=O)N2CCOCC2)c(Cl)c1. The van der Waals surface area contributed by atoms with Gasteiger partial charge in [0.15, 0.2) is 6.61 Å². The van der Waals surface area contributed by atoms with Crippen LogP contribution in [0.5, 0.6) is 5.75 Å². The van der Waals surface area contributed by atoms with Crippen LogP contribution >= 0.6 is 23.2 Å². The number of carboxylic acids is 1. The van der Waals surface area contributed by atoms with Gasteiger partial charge in [-0.1, -0.05) is 29.3 Å². The maximum atomic E-state index is 12.6. The summed E-state index contributed by atoms with van der Waals surface area (Å²) in [7, 11) is 0. The van der Waals surface area contributed by atoms with Gasteiger partial charge in [0.1, 0.15) is 5.75 Å². The molecule has 6 nitrogen and oxygen atoms in total. The lowest BCUT2D eigenvalue weighted by atomic mass is 10.0. The average Bonchev–Trinajstić information content (AvgIpc) is 2.67. The van der Waals surface area contributed by atoms with Gasteiger partial charge in [0.2, 0.25) is 0 Å². The molecule has 0 aliphatic carbocycles. The molecule has 0 unspecified atom stereocenters. The summed E-state index contributed by atoms with van der Waals surface area (Å²) >= 11 is 12.4. The summed E-state index contributed by atoms with van der Waals surface area (Å²) in [5.41, 5.74) is 1.66. The first-order valence-electron chi connectivity index (χ1n) is 8.27. The first-order chi connectivity index (χ1) is 13.0. The van der Waals surface area contributed by atoms with Crippen LogP contribution in [0.3, 0.4) is 0 Å². The Morgan fingerprint density at radius 3 is 2.52 bits per heavy atom. The molecular formula is C19H17Cl2NO5. The number of morpholine rings is 1. The number of ether oxygens (including phenoxy) is 2. The Labute approximate surface area is 166 Å². The normalized spacial score (nSPS) is 14.1. The van der Waals surface area contributed by atoms with Gasteiger partial charge in [0, 0.05) is 23.7 Å². The van der Waals surface area contributed by atoms with E-state index in [0.29, 0.717) is 58.8 Å². The molecule has 0 bridgehead atoms. The molecule has 1 fully saturated rings. The van der Waals surface area contributed by atoms with Gasteiger partial charge in [-0.3, -0.25) is 4.79 Å². The van der Waals surface area contributed by atoms with Crippen molar-refractivity contribution in [1.29, 1.82) is 0 Å². The molecule has 27 heavy (non-hydrogen) atoms. The van der Waals surface area contributed by atoms with Gasteiger partial charge in [-0.2, -0.15) is 0 Å². The second kappa shape index (κ2) is 8.61. The fraction of sp³-hybridized carbons (Fsp3) is 0.263. The highest BCUT2D eigenvalue weighted by molar-refractivity contribution is 6.34. The summed E-state index contributed by atoms with van der Waals surface area (Å²) in [5, 5.41) is 9.60. The van der Waals surface area contributed by atoms with Crippen LogP contribution in [0, 0.1) is 0 Å². The van der Waals surface area contributed by atoms with E-state index in [9.17, 15) is 9.59 Å². The van der Waals surface area contributed by atoms with Gasteiger partial charge in [-0.05, 0) is 35.9 Å². The zero-order valence-corrected chi connectivity index (χ0v) is 15.8. The van der Waals surface area contributed by atoms with E-state index in [4.69, 9.17) is 37.8 Å². The highest BCUT2D eigenvalue weighted by atomic mass is 35.5. The van der Waals surface area contributed by atoms with Crippen molar-refractivity contribution in [3.8, 4) is 16.9 Å². The van der Waals surface area contributed by atoms with E-state index in [2.05, 4.69) is 0 Å². The molecule has 1 heterocycles. The van der Waals surface area contributed by atoms with Crippen LogP contribution in [0.25, 0.3) is 11.1 Å². The molecule has 0 spiro atoms. The van der Waals surface area contributed by atoms with Crippen LogP contribution in [0.2, 0.25) is 10.0 Å². The minimum Gasteiger partial charge on any atom is -0.481 e. The fourth-order valence-corrected chi connectivity index (χ4v) is 3.22. The zero-order chi connectivity index (χ0) is 19.4. The third-order valence-corrected chi connectivity index (χ3v) is 4.65. The van der Waals surface area contributed by atoms with Crippen molar-refractivity contribution in [2.24, 2.45) is 0 Å². The van der Waals surface area contributed by atoms with Crippen molar-refractivity contribution < 1.29 is 24.2 Å². The van der Waals surface area contributed by atoms with Crippen molar-refractivity contribution in [1.82, 2.24) is 4.90 Å². The van der Waals surface area contributed by atoms with Gasteiger partial charge < -0.3 is 19.5 Å². The smallest absolute Gasteiger partial charge is 0.341 e. The number of carbonyl (C=O) groups is 2. The number of hydrogen-bond donors (Lipinski definition) is 1. The molecule has 3 rings (SSSR count). The third-order valence-electron chi connectivity index (χ3n) is 4.10. The number of carboxylic acid groups (broad SMARTS) is 1. The Balaban J connectivity index is 1.90. The summed E-state index contributed by atoms with van der Waals surface area (Å²) < 4.78 is 10.6. The van der Waals surface area contributed by atoms with E-state index in [0.717, 1.165) is 0 Å². The standard InChI is InChI=1S/C19H17Cl2NO5/c20-13-2-4-17(27-11-18(23)24)15(10-13)12-1-3-14(16(21)9-12)19(25)22-5-7-26-8-6-22/h1-4,9-10H,5-8,11H2,(H,23,24).